The Morgan fingerprint density at radius 1 is 1.10 bits per heavy atom. The van der Waals surface area contributed by atoms with Crippen LogP contribution in [0.4, 0.5) is 0 Å². The number of nitrogens with two attached hydrogens (primary N) is 1. The molecule has 0 aliphatic heterocycles. The standard InChI is InChI=1S/C18H34N2O/c1-2-18(12-7-8-13-18)17(21)20(15-9-14-19)16-10-5-3-4-6-11-16/h16H,2-15,19H2,1H3. The van der Waals surface area contributed by atoms with Gasteiger partial charge in [0.2, 0.25) is 5.91 Å². The minimum absolute atomic E-state index is 0.0408. The zero-order valence-electron chi connectivity index (χ0n) is 13.9. The molecule has 2 saturated carbocycles. The van der Waals surface area contributed by atoms with Gasteiger partial charge in [-0.2, -0.15) is 0 Å². The minimum Gasteiger partial charge on any atom is -0.339 e. The van der Waals surface area contributed by atoms with E-state index < -0.39 is 0 Å². The molecule has 21 heavy (non-hydrogen) atoms. The Morgan fingerprint density at radius 3 is 2.24 bits per heavy atom. The molecule has 0 aromatic heterocycles. The van der Waals surface area contributed by atoms with Crippen LogP contribution in [0, 0.1) is 5.41 Å². The molecule has 0 saturated heterocycles. The maximum Gasteiger partial charge on any atom is 0.229 e. The number of hydrogen-bond acceptors (Lipinski definition) is 2. The fourth-order valence-electron chi connectivity index (χ4n) is 4.36. The second kappa shape index (κ2) is 8.17. The molecule has 0 bridgehead atoms. The molecule has 2 rings (SSSR count). The molecule has 2 fully saturated rings. The monoisotopic (exact) mass is 294 g/mol. The van der Waals surface area contributed by atoms with Gasteiger partial charge in [0.1, 0.15) is 0 Å². The van der Waals surface area contributed by atoms with Gasteiger partial charge in [0.05, 0.1) is 0 Å². The fraction of sp³-hybridized carbons (Fsp3) is 0.944. The van der Waals surface area contributed by atoms with Gasteiger partial charge in [-0.05, 0) is 45.1 Å². The highest BCUT2D eigenvalue weighted by atomic mass is 16.2. The van der Waals surface area contributed by atoms with Gasteiger partial charge in [-0.15, -0.1) is 0 Å². The van der Waals surface area contributed by atoms with Gasteiger partial charge < -0.3 is 10.6 Å². The summed E-state index contributed by atoms with van der Waals surface area (Å²) in [6.07, 6.45) is 14.3. The Labute approximate surface area is 130 Å². The molecule has 2 aliphatic carbocycles. The highest BCUT2D eigenvalue weighted by molar-refractivity contribution is 5.83. The highest BCUT2D eigenvalue weighted by Crippen LogP contribution is 2.43. The third-order valence-corrected chi connectivity index (χ3v) is 5.82. The first kappa shape index (κ1) is 16.8. The minimum atomic E-state index is -0.0408. The van der Waals surface area contributed by atoms with Gasteiger partial charge in [-0.25, -0.2) is 0 Å². The summed E-state index contributed by atoms with van der Waals surface area (Å²) >= 11 is 0. The van der Waals surface area contributed by atoms with Gasteiger partial charge in [0.15, 0.2) is 0 Å². The van der Waals surface area contributed by atoms with Crippen molar-refractivity contribution in [1.29, 1.82) is 0 Å². The third-order valence-electron chi connectivity index (χ3n) is 5.82. The summed E-state index contributed by atoms with van der Waals surface area (Å²) in [5.74, 6) is 0.461. The van der Waals surface area contributed by atoms with E-state index in [0.29, 0.717) is 18.5 Å². The summed E-state index contributed by atoms with van der Waals surface area (Å²) in [6, 6.07) is 0.482. The summed E-state index contributed by atoms with van der Waals surface area (Å²) < 4.78 is 0. The summed E-state index contributed by atoms with van der Waals surface area (Å²) in [7, 11) is 0. The van der Waals surface area contributed by atoms with Crippen LogP contribution in [0.5, 0.6) is 0 Å². The molecule has 122 valence electrons. The summed E-state index contributed by atoms with van der Waals surface area (Å²) in [5, 5.41) is 0. The Hall–Kier alpha value is -0.570. The molecule has 0 spiro atoms. The van der Waals surface area contributed by atoms with Crippen LogP contribution in [-0.4, -0.2) is 29.9 Å². The highest BCUT2D eigenvalue weighted by Gasteiger charge is 2.43. The lowest BCUT2D eigenvalue weighted by Crippen LogP contribution is -2.48. The number of carbonyl (C=O) groups is 1. The molecule has 0 heterocycles. The van der Waals surface area contributed by atoms with Crippen molar-refractivity contribution in [2.24, 2.45) is 11.1 Å². The van der Waals surface area contributed by atoms with Crippen LogP contribution in [0.15, 0.2) is 0 Å². The maximum absolute atomic E-state index is 13.3. The van der Waals surface area contributed by atoms with E-state index in [1.807, 2.05) is 0 Å². The Bertz CT molecular complexity index is 315. The predicted octanol–water partition coefficient (Wildman–Crippen LogP) is 3.86. The van der Waals surface area contributed by atoms with Crippen molar-refractivity contribution in [3.05, 3.63) is 0 Å². The van der Waals surface area contributed by atoms with Crippen LogP contribution in [0.2, 0.25) is 0 Å². The summed E-state index contributed by atoms with van der Waals surface area (Å²) in [6.45, 7) is 3.77. The van der Waals surface area contributed by atoms with E-state index in [1.54, 1.807) is 0 Å². The van der Waals surface area contributed by atoms with Crippen molar-refractivity contribution in [2.45, 2.75) is 90.0 Å². The zero-order valence-corrected chi connectivity index (χ0v) is 13.9. The lowest BCUT2D eigenvalue weighted by atomic mass is 9.81. The molecule has 0 unspecified atom stereocenters. The third kappa shape index (κ3) is 4.00. The van der Waals surface area contributed by atoms with Crippen LogP contribution in [0.3, 0.4) is 0 Å². The van der Waals surface area contributed by atoms with Gasteiger partial charge in [0, 0.05) is 18.0 Å². The molecule has 2 aliphatic rings. The SMILES string of the molecule is CCC1(C(=O)N(CCCN)C2CCCCCC2)CCCC1. The van der Waals surface area contributed by atoms with E-state index in [9.17, 15) is 4.79 Å². The number of rotatable bonds is 6. The van der Waals surface area contributed by atoms with E-state index in [0.717, 1.165) is 32.2 Å². The molecular weight excluding hydrogens is 260 g/mol. The fourth-order valence-corrected chi connectivity index (χ4v) is 4.36. The van der Waals surface area contributed by atoms with E-state index in [1.165, 1.54) is 51.4 Å². The van der Waals surface area contributed by atoms with Crippen molar-refractivity contribution in [2.75, 3.05) is 13.1 Å². The van der Waals surface area contributed by atoms with Crippen LogP contribution in [0.1, 0.15) is 84.0 Å². The largest absolute Gasteiger partial charge is 0.339 e. The number of hydrogen-bond donors (Lipinski definition) is 1. The Balaban J connectivity index is 2.11. The molecule has 0 aromatic rings. The van der Waals surface area contributed by atoms with Crippen LogP contribution in [0.25, 0.3) is 0 Å². The topological polar surface area (TPSA) is 46.3 Å². The normalized spacial score (nSPS) is 23.0. The predicted molar refractivity (Wildman–Crippen MR) is 88.1 cm³/mol. The summed E-state index contributed by atoms with van der Waals surface area (Å²) in [5.41, 5.74) is 5.68. The molecular formula is C18H34N2O. The Kier molecular flexibility index (Phi) is 6.53. The van der Waals surface area contributed by atoms with Crippen molar-refractivity contribution in [3.8, 4) is 0 Å². The Morgan fingerprint density at radius 2 is 1.71 bits per heavy atom. The smallest absolute Gasteiger partial charge is 0.229 e. The van der Waals surface area contributed by atoms with E-state index in [4.69, 9.17) is 5.73 Å². The van der Waals surface area contributed by atoms with Crippen LogP contribution in [-0.2, 0) is 4.79 Å². The van der Waals surface area contributed by atoms with Gasteiger partial charge in [0.25, 0.3) is 0 Å². The van der Waals surface area contributed by atoms with E-state index in [-0.39, 0.29) is 5.41 Å². The first-order chi connectivity index (χ1) is 10.2. The molecule has 0 aromatic carbocycles. The molecule has 2 N–H and O–H groups in total. The number of carbonyl (C=O) groups excluding carboxylic acids is 1. The zero-order chi connectivity index (χ0) is 15.1. The number of amides is 1. The van der Waals surface area contributed by atoms with Crippen LogP contribution >= 0.6 is 0 Å². The van der Waals surface area contributed by atoms with E-state index >= 15 is 0 Å². The van der Waals surface area contributed by atoms with Crippen molar-refractivity contribution in [1.82, 2.24) is 4.90 Å². The molecule has 0 radical (unpaired) electrons. The van der Waals surface area contributed by atoms with E-state index in [2.05, 4.69) is 11.8 Å². The lowest BCUT2D eigenvalue weighted by Gasteiger charge is -2.38. The molecule has 3 nitrogen and oxygen atoms in total. The average molecular weight is 294 g/mol. The van der Waals surface area contributed by atoms with Crippen molar-refractivity contribution < 1.29 is 4.79 Å². The quantitative estimate of drug-likeness (QED) is 0.756. The average Bonchev–Trinajstić information content (AvgIpc) is 2.85. The second-order valence-electron chi connectivity index (χ2n) is 7.13. The van der Waals surface area contributed by atoms with Crippen LogP contribution < -0.4 is 5.73 Å². The second-order valence-corrected chi connectivity index (χ2v) is 7.13. The van der Waals surface area contributed by atoms with Crippen molar-refractivity contribution in [3.63, 3.8) is 0 Å². The maximum atomic E-state index is 13.3. The van der Waals surface area contributed by atoms with Crippen molar-refractivity contribution >= 4 is 5.91 Å². The molecule has 0 atom stereocenters. The number of nitrogens with zero attached hydrogens (tertiary/aromatic N) is 1. The van der Waals surface area contributed by atoms with Gasteiger partial charge in [-0.1, -0.05) is 45.4 Å². The molecule has 3 heteroatoms. The first-order valence-corrected chi connectivity index (χ1v) is 9.24. The molecule has 1 amide bonds. The first-order valence-electron chi connectivity index (χ1n) is 9.24. The summed E-state index contributed by atoms with van der Waals surface area (Å²) in [4.78, 5) is 15.6. The van der Waals surface area contributed by atoms with Gasteiger partial charge >= 0.3 is 0 Å². The lowest BCUT2D eigenvalue weighted by molar-refractivity contribution is -0.145. The van der Waals surface area contributed by atoms with Gasteiger partial charge in [-0.3, -0.25) is 4.79 Å².